The van der Waals surface area contributed by atoms with Crippen molar-refractivity contribution < 1.29 is 14.3 Å². The third kappa shape index (κ3) is 3.13. The third-order valence-electron chi connectivity index (χ3n) is 2.31. The van der Waals surface area contributed by atoms with Gasteiger partial charge in [-0.05, 0) is 43.7 Å². The average Bonchev–Trinajstić information content (AvgIpc) is 2.73. The summed E-state index contributed by atoms with van der Waals surface area (Å²) in [6, 6.07) is 7.16. The number of carboxylic acids is 1. The predicted molar refractivity (Wildman–Crippen MR) is 68.9 cm³/mol. The fourth-order valence-electron chi connectivity index (χ4n) is 1.59. The molecule has 0 aliphatic heterocycles. The number of hydrogen-bond donors (Lipinski definition) is 1. The van der Waals surface area contributed by atoms with Crippen LogP contribution < -0.4 is 0 Å². The van der Waals surface area contributed by atoms with E-state index in [2.05, 4.69) is 4.98 Å². The van der Waals surface area contributed by atoms with Crippen molar-refractivity contribution >= 4 is 17.7 Å². The first kappa shape index (κ1) is 12.7. The molecule has 0 saturated heterocycles. The minimum atomic E-state index is -1.05. The molecule has 0 fully saturated rings. The first-order valence-corrected chi connectivity index (χ1v) is 6.43. The SMILES string of the molecule is Cc1cc(C)nc(SCc2ccc(C(=O)O)o2)c1. The van der Waals surface area contributed by atoms with Gasteiger partial charge in [0.05, 0.1) is 10.8 Å². The van der Waals surface area contributed by atoms with Gasteiger partial charge in [-0.3, -0.25) is 0 Å². The number of nitrogens with zero attached hydrogens (tertiary/aromatic N) is 1. The van der Waals surface area contributed by atoms with E-state index in [0.717, 1.165) is 16.3 Å². The highest BCUT2D eigenvalue weighted by Crippen LogP contribution is 2.23. The molecule has 0 unspecified atom stereocenters. The van der Waals surface area contributed by atoms with Crippen molar-refractivity contribution in [3.05, 3.63) is 47.0 Å². The molecule has 0 bridgehead atoms. The molecule has 5 heteroatoms. The average molecular weight is 263 g/mol. The largest absolute Gasteiger partial charge is 0.475 e. The summed E-state index contributed by atoms with van der Waals surface area (Å²) in [4.78, 5) is 15.1. The minimum absolute atomic E-state index is 0.0287. The topological polar surface area (TPSA) is 63.3 Å². The fraction of sp³-hybridized carbons (Fsp3) is 0.231. The number of aromatic carboxylic acids is 1. The van der Waals surface area contributed by atoms with Gasteiger partial charge >= 0.3 is 5.97 Å². The standard InChI is InChI=1S/C13H13NO3S/c1-8-5-9(2)14-12(6-8)18-7-10-3-4-11(17-10)13(15)16/h3-6H,7H2,1-2H3,(H,15,16). The Kier molecular flexibility index (Phi) is 3.72. The summed E-state index contributed by atoms with van der Waals surface area (Å²) < 4.78 is 5.18. The van der Waals surface area contributed by atoms with E-state index in [9.17, 15) is 4.79 Å². The van der Waals surface area contributed by atoms with E-state index in [-0.39, 0.29) is 5.76 Å². The van der Waals surface area contributed by atoms with Crippen molar-refractivity contribution in [2.75, 3.05) is 0 Å². The van der Waals surface area contributed by atoms with Gasteiger partial charge in [0.2, 0.25) is 5.76 Å². The lowest BCUT2D eigenvalue weighted by Crippen LogP contribution is -1.92. The molecule has 1 N–H and O–H groups in total. The number of pyridine rings is 1. The van der Waals surface area contributed by atoms with Crippen LogP contribution >= 0.6 is 11.8 Å². The van der Waals surface area contributed by atoms with E-state index in [0.29, 0.717) is 11.5 Å². The number of aromatic nitrogens is 1. The lowest BCUT2D eigenvalue weighted by atomic mass is 10.3. The van der Waals surface area contributed by atoms with Gasteiger partial charge in [-0.25, -0.2) is 9.78 Å². The Morgan fingerprint density at radius 2 is 2.17 bits per heavy atom. The first-order valence-electron chi connectivity index (χ1n) is 5.44. The van der Waals surface area contributed by atoms with Crippen LogP contribution in [0.5, 0.6) is 0 Å². The number of carboxylic acid groups (broad SMARTS) is 1. The van der Waals surface area contributed by atoms with Crippen molar-refractivity contribution in [1.82, 2.24) is 4.98 Å². The van der Waals surface area contributed by atoms with E-state index in [4.69, 9.17) is 9.52 Å². The zero-order chi connectivity index (χ0) is 13.1. The summed E-state index contributed by atoms with van der Waals surface area (Å²) in [5, 5.41) is 9.66. The molecule has 2 aromatic rings. The van der Waals surface area contributed by atoms with Gasteiger partial charge in [0.25, 0.3) is 0 Å². The zero-order valence-electron chi connectivity index (χ0n) is 10.1. The Bertz CT molecular complexity index is 557. The summed E-state index contributed by atoms with van der Waals surface area (Å²) >= 11 is 1.53. The molecule has 2 rings (SSSR count). The van der Waals surface area contributed by atoms with E-state index >= 15 is 0 Å². The van der Waals surface area contributed by atoms with Crippen LogP contribution in [0, 0.1) is 13.8 Å². The van der Waals surface area contributed by atoms with Crippen LogP contribution in [0.3, 0.4) is 0 Å². The van der Waals surface area contributed by atoms with Crippen LogP contribution in [0.2, 0.25) is 0 Å². The zero-order valence-corrected chi connectivity index (χ0v) is 11.0. The van der Waals surface area contributed by atoms with E-state index in [1.54, 1.807) is 6.07 Å². The highest BCUT2D eigenvalue weighted by atomic mass is 32.2. The summed E-state index contributed by atoms with van der Waals surface area (Å²) in [6.07, 6.45) is 0. The molecule has 18 heavy (non-hydrogen) atoms. The van der Waals surface area contributed by atoms with Crippen LogP contribution in [0.1, 0.15) is 27.6 Å². The van der Waals surface area contributed by atoms with Crippen molar-refractivity contribution in [2.45, 2.75) is 24.6 Å². The normalized spacial score (nSPS) is 10.6. The maximum absolute atomic E-state index is 10.7. The molecule has 2 aromatic heterocycles. The van der Waals surface area contributed by atoms with E-state index < -0.39 is 5.97 Å². The van der Waals surface area contributed by atoms with Crippen LogP contribution in [0.15, 0.2) is 33.7 Å². The fourth-order valence-corrected chi connectivity index (χ4v) is 2.52. The Labute approximate surface area is 109 Å². The molecule has 4 nitrogen and oxygen atoms in total. The number of hydrogen-bond acceptors (Lipinski definition) is 4. The monoisotopic (exact) mass is 263 g/mol. The molecule has 0 aromatic carbocycles. The molecule has 0 radical (unpaired) electrons. The molecule has 0 saturated carbocycles. The van der Waals surface area contributed by atoms with E-state index in [1.165, 1.54) is 17.8 Å². The number of carbonyl (C=O) groups is 1. The van der Waals surface area contributed by atoms with Gasteiger partial charge in [-0.2, -0.15) is 0 Å². The lowest BCUT2D eigenvalue weighted by Gasteiger charge is -2.02. The van der Waals surface area contributed by atoms with Crippen molar-refractivity contribution in [1.29, 1.82) is 0 Å². The van der Waals surface area contributed by atoms with Crippen molar-refractivity contribution in [3.63, 3.8) is 0 Å². The number of rotatable bonds is 4. The Hall–Kier alpha value is -1.75. The number of aryl methyl sites for hydroxylation is 2. The Balaban J connectivity index is 2.04. The van der Waals surface area contributed by atoms with Crippen LogP contribution in [-0.4, -0.2) is 16.1 Å². The van der Waals surface area contributed by atoms with Crippen molar-refractivity contribution in [3.8, 4) is 0 Å². The van der Waals surface area contributed by atoms with E-state index in [1.807, 2.05) is 26.0 Å². The molecule has 0 aliphatic rings. The maximum Gasteiger partial charge on any atom is 0.371 e. The minimum Gasteiger partial charge on any atom is -0.475 e. The second-order valence-electron chi connectivity index (χ2n) is 3.98. The lowest BCUT2D eigenvalue weighted by molar-refractivity contribution is 0.0661. The molecule has 94 valence electrons. The van der Waals surface area contributed by atoms with Gasteiger partial charge in [-0.15, -0.1) is 0 Å². The molecule has 0 aliphatic carbocycles. The van der Waals surface area contributed by atoms with Crippen LogP contribution in [0.25, 0.3) is 0 Å². The second kappa shape index (κ2) is 5.27. The number of thioether (sulfide) groups is 1. The molecule has 0 amide bonds. The summed E-state index contributed by atoms with van der Waals surface area (Å²) in [7, 11) is 0. The van der Waals surface area contributed by atoms with Gasteiger partial charge < -0.3 is 9.52 Å². The van der Waals surface area contributed by atoms with Crippen LogP contribution in [0.4, 0.5) is 0 Å². The predicted octanol–water partition coefficient (Wildman–Crippen LogP) is 3.28. The Morgan fingerprint density at radius 1 is 1.39 bits per heavy atom. The van der Waals surface area contributed by atoms with Gasteiger partial charge in [0.15, 0.2) is 0 Å². The molecule has 0 atom stereocenters. The molecular weight excluding hydrogens is 250 g/mol. The smallest absolute Gasteiger partial charge is 0.371 e. The summed E-state index contributed by atoms with van der Waals surface area (Å²) in [6.45, 7) is 3.97. The number of furan rings is 1. The highest BCUT2D eigenvalue weighted by molar-refractivity contribution is 7.98. The summed E-state index contributed by atoms with van der Waals surface area (Å²) in [5.41, 5.74) is 2.14. The molecular formula is C13H13NO3S. The van der Waals surface area contributed by atoms with Gasteiger partial charge in [0, 0.05) is 5.69 Å². The Morgan fingerprint density at radius 3 is 2.78 bits per heavy atom. The highest BCUT2D eigenvalue weighted by Gasteiger charge is 2.09. The molecule has 0 spiro atoms. The molecule has 2 heterocycles. The third-order valence-corrected chi connectivity index (χ3v) is 3.24. The van der Waals surface area contributed by atoms with Gasteiger partial charge in [0.1, 0.15) is 5.76 Å². The van der Waals surface area contributed by atoms with Crippen molar-refractivity contribution in [2.24, 2.45) is 0 Å². The second-order valence-corrected chi connectivity index (χ2v) is 4.98. The first-order chi connectivity index (χ1) is 8.54. The van der Waals surface area contributed by atoms with Crippen LogP contribution in [-0.2, 0) is 5.75 Å². The maximum atomic E-state index is 10.7. The van der Waals surface area contributed by atoms with Gasteiger partial charge in [-0.1, -0.05) is 11.8 Å². The quantitative estimate of drug-likeness (QED) is 0.857. The summed E-state index contributed by atoms with van der Waals surface area (Å²) in [5.74, 6) is 0.136.